The van der Waals surface area contributed by atoms with Gasteiger partial charge in [0, 0.05) is 17.6 Å². The van der Waals surface area contributed by atoms with Crippen molar-refractivity contribution in [3.63, 3.8) is 0 Å². The molecule has 0 fully saturated rings. The third-order valence-corrected chi connectivity index (χ3v) is 3.56. The summed E-state index contributed by atoms with van der Waals surface area (Å²) < 4.78 is 3.23. The van der Waals surface area contributed by atoms with Crippen LogP contribution in [0, 0.1) is 10.1 Å². The normalized spacial score (nSPS) is 11.3. The summed E-state index contributed by atoms with van der Waals surface area (Å²) in [5, 5.41) is 20.1. The van der Waals surface area contributed by atoms with E-state index >= 15 is 0 Å². The predicted octanol–water partition coefficient (Wildman–Crippen LogP) is 2.83. The van der Waals surface area contributed by atoms with Crippen molar-refractivity contribution in [2.75, 3.05) is 5.32 Å². The van der Waals surface area contributed by atoms with Gasteiger partial charge in [-0.3, -0.25) is 4.68 Å². The van der Waals surface area contributed by atoms with Gasteiger partial charge in [0.1, 0.15) is 6.20 Å². The molecule has 0 aliphatic carbocycles. The minimum Gasteiger partial charge on any atom is -0.358 e. The van der Waals surface area contributed by atoms with Crippen molar-refractivity contribution in [1.82, 2.24) is 19.2 Å². The van der Waals surface area contributed by atoms with Crippen LogP contribution in [0.5, 0.6) is 0 Å². The highest BCUT2D eigenvalue weighted by molar-refractivity contribution is 7.15. The standard InChI is InChI=1S/C11H12N6O2S/c1-7(2)16-6-8(5-12-16)13-9-10(17(18)19)15-3-4-20-11(15)14-9/h3-7,13H,1-2H3. The molecule has 3 heterocycles. The molecule has 0 unspecified atom stereocenters. The zero-order valence-corrected chi connectivity index (χ0v) is 11.7. The molecule has 0 saturated heterocycles. The zero-order valence-electron chi connectivity index (χ0n) is 10.8. The minimum atomic E-state index is -0.443. The molecular weight excluding hydrogens is 280 g/mol. The monoisotopic (exact) mass is 292 g/mol. The van der Waals surface area contributed by atoms with Crippen molar-refractivity contribution in [1.29, 1.82) is 0 Å². The van der Waals surface area contributed by atoms with E-state index in [0.717, 1.165) is 0 Å². The molecule has 0 aliphatic rings. The maximum absolute atomic E-state index is 11.2. The van der Waals surface area contributed by atoms with Crippen molar-refractivity contribution in [3.8, 4) is 0 Å². The van der Waals surface area contributed by atoms with Gasteiger partial charge in [-0.1, -0.05) is 11.3 Å². The maximum atomic E-state index is 11.2. The van der Waals surface area contributed by atoms with Gasteiger partial charge in [0.05, 0.1) is 11.9 Å². The molecular formula is C11H12N6O2S. The van der Waals surface area contributed by atoms with Crippen LogP contribution < -0.4 is 5.32 Å². The third-order valence-electron chi connectivity index (χ3n) is 2.80. The molecule has 8 nitrogen and oxygen atoms in total. The number of aromatic nitrogens is 4. The number of anilines is 2. The first-order valence-electron chi connectivity index (χ1n) is 5.97. The van der Waals surface area contributed by atoms with Gasteiger partial charge in [0.2, 0.25) is 5.82 Å². The second-order valence-corrected chi connectivity index (χ2v) is 5.40. The van der Waals surface area contributed by atoms with Gasteiger partial charge in [0.15, 0.2) is 0 Å². The van der Waals surface area contributed by atoms with Crippen molar-refractivity contribution in [3.05, 3.63) is 34.1 Å². The molecule has 1 N–H and O–H groups in total. The molecule has 3 aromatic heterocycles. The lowest BCUT2D eigenvalue weighted by Crippen LogP contribution is -2.00. The van der Waals surface area contributed by atoms with Gasteiger partial charge >= 0.3 is 5.82 Å². The quantitative estimate of drug-likeness (QED) is 0.590. The molecule has 0 radical (unpaired) electrons. The van der Waals surface area contributed by atoms with Gasteiger partial charge in [-0.05, 0) is 18.8 Å². The lowest BCUT2D eigenvalue weighted by atomic mass is 10.4. The van der Waals surface area contributed by atoms with Crippen LogP contribution >= 0.6 is 11.3 Å². The van der Waals surface area contributed by atoms with E-state index in [1.165, 1.54) is 15.7 Å². The number of imidazole rings is 1. The summed E-state index contributed by atoms with van der Waals surface area (Å²) in [6.45, 7) is 4.01. The van der Waals surface area contributed by atoms with Gasteiger partial charge in [-0.2, -0.15) is 14.5 Å². The first-order valence-corrected chi connectivity index (χ1v) is 6.85. The molecule has 0 spiro atoms. The molecule has 0 amide bonds. The largest absolute Gasteiger partial charge is 0.373 e. The van der Waals surface area contributed by atoms with Crippen molar-refractivity contribution >= 4 is 33.6 Å². The molecule has 20 heavy (non-hydrogen) atoms. The summed E-state index contributed by atoms with van der Waals surface area (Å²) in [6, 6.07) is 0.228. The number of nitro groups is 1. The van der Waals surface area contributed by atoms with E-state index in [0.29, 0.717) is 10.6 Å². The van der Waals surface area contributed by atoms with Crippen molar-refractivity contribution in [2.24, 2.45) is 0 Å². The van der Waals surface area contributed by atoms with Crippen LogP contribution in [0.2, 0.25) is 0 Å². The van der Waals surface area contributed by atoms with Crippen LogP contribution in [0.1, 0.15) is 19.9 Å². The molecule has 0 atom stereocenters. The molecule has 9 heteroatoms. The summed E-state index contributed by atoms with van der Waals surface area (Å²) in [4.78, 5) is 15.6. The van der Waals surface area contributed by atoms with Gasteiger partial charge in [-0.25, -0.2) is 0 Å². The maximum Gasteiger partial charge on any atom is 0.373 e. The Hall–Kier alpha value is -2.42. The fraction of sp³-hybridized carbons (Fsp3) is 0.273. The molecule has 3 rings (SSSR count). The number of rotatable bonds is 4. The molecule has 3 aromatic rings. The Kier molecular flexibility index (Phi) is 2.90. The number of hydrogen-bond acceptors (Lipinski definition) is 6. The SMILES string of the molecule is CC(C)n1cc(Nc2nc3sccn3c2[N+](=O)[O-])cn1. The Morgan fingerprint density at radius 2 is 2.30 bits per heavy atom. The van der Waals surface area contributed by atoms with Crippen LogP contribution in [0.4, 0.5) is 17.3 Å². The van der Waals surface area contributed by atoms with Crippen molar-refractivity contribution in [2.45, 2.75) is 19.9 Å². The highest BCUT2D eigenvalue weighted by atomic mass is 32.1. The van der Waals surface area contributed by atoms with E-state index in [1.807, 2.05) is 13.8 Å². The molecule has 0 aliphatic heterocycles. The van der Waals surface area contributed by atoms with E-state index in [4.69, 9.17) is 0 Å². The third kappa shape index (κ3) is 2.01. The number of nitrogens with zero attached hydrogens (tertiary/aromatic N) is 5. The fourth-order valence-electron chi connectivity index (χ4n) is 1.85. The lowest BCUT2D eigenvalue weighted by molar-refractivity contribution is -0.389. The van der Waals surface area contributed by atoms with E-state index in [1.54, 1.807) is 28.7 Å². The summed E-state index contributed by atoms with van der Waals surface area (Å²) in [7, 11) is 0. The smallest absolute Gasteiger partial charge is 0.358 e. The first-order chi connectivity index (χ1) is 9.56. The van der Waals surface area contributed by atoms with Gasteiger partial charge < -0.3 is 15.4 Å². The lowest BCUT2D eigenvalue weighted by Gasteiger charge is -2.03. The molecule has 104 valence electrons. The van der Waals surface area contributed by atoms with Crippen LogP contribution in [-0.2, 0) is 0 Å². The van der Waals surface area contributed by atoms with Crippen LogP contribution in [-0.4, -0.2) is 24.1 Å². The molecule has 0 aromatic carbocycles. The van der Waals surface area contributed by atoms with Crippen molar-refractivity contribution < 1.29 is 4.92 Å². The van der Waals surface area contributed by atoms with E-state index in [9.17, 15) is 10.1 Å². The second kappa shape index (κ2) is 4.60. The Labute approximate surface area is 117 Å². The van der Waals surface area contributed by atoms with E-state index in [2.05, 4.69) is 15.4 Å². The Morgan fingerprint density at radius 1 is 1.50 bits per heavy atom. The number of nitrogens with one attached hydrogen (secondary N) is 1. The van der Waals surface area contributed by atoms with Gasteiger partial charge in [0.25, 0.3) is 4.96 Å². The number of fused-ring (bicyclic) bond motifs is 1. The van der Waals surface area contributed by atoms with Crippen LogP contribution in [0.25, 0.3) is 4.96 Å². The Morgan fingerprint density at radius 3 is 2.95 bits per heavy atom. The fourth-order valence-corrected chi connectivity index (χ4v) is 2.56. The number of thiazole rings is 1. The highest BCUT2D eigenvalue weighted by Gasteiger charge is 2.23. The highest BCUT2D eigenvalue weighted by Crippen LogP contribution is 2.30. The summed E-state index contributed by atoms with van der Waals surface area (Å²) in [6.07, 6.45) is 5.05. The molecule has 0 bridgehead atoms. The van der Waals surface area contributed by atoms with Crippen LogP contribution in [0.15, 0.2) is 24.0 Å². The average molecular weight is 292 g/mol. The Bertz CT molecular complexity index is 771. The summed E-state index contributed by atoms with van der Waals surface area (Å²) in [5.41, 5.74) is 0.674. The van der Waals surface area contributed by atoms with Gasteiger partial charge in [-0.15, -0.1) is 0 Å². The summed E-state index contributed by atoms with van der Waals surface area (Å²) >= 11 is 1.35. The molecule has 0 saturated carbocycles. The van der Waals surface area contributed by atoms with Crippen LogP contribution in [0.3, 0.4) is 0 Å². The predicted molar refractivity (Wildman–Crippen MR) is 75.6 cm³/mol. The average Bonchev–Trinajstić information content (AvgIpc) is 3.02. The Balaban J connectivity index is 1.99. The number of hydrogen-bond donors (Lipinski definition) is 1. The van der Waals surface area contributed by atoms with E-state index < -0.39 is 4.92 Å². The summed E-state index contributed by atoms with van der Waals surface area (Å²) in [5.74, 6) is 0.156. The second-order valence-electron chi connectivity index (χ2n) is 4.52. The van der Waals surface area contributed by atoms with E-state index in [-0.39, 0.29) is 17.7 Å². The first kappa shape index (κ1) is 12.6. The zero-order chi connectivity index (χ0) is 14.3. The minimum absolute atomic E-state index is 0.0708. The topological polar surface area (TPSA) is 90.3 Å².